The van der Waals surface area contributed by atoms with Gasteiger partial charge in [0.05, 0.1) is 6.61 Å². The summed E-state index contributed by atoms with van der Waals surface area (Å²) in [6.45, 7) is 8.40. The molecule has 0 N–H and O–H groups in total. The highest BCUT2D eigenvalue weighted by Crippen LogP contribution is 2.48. The third-order valence-electron chi connectivity index (χ3n) is 5.21. The van der Waals surface area contributed by atoms with Crippen LogP contribution in [0.5, 0.6) is 0 Å². The van der Waals surface area contributed by atoms with E-state index in [1.807, 2.05) is 38.1 Å². The van der Waals surface area contributed by atoms with Crippen molar-refractivity contribution in [3.05, 3.63) is 45.6 Å². The number of benzene rings is 1. The maximum Gasteiger partial charge on any atom is 0.315 e. The van der Waals surface area contributed by atoms with Crippen LogP contribution in [0.1, 0.15) is 58.4 Å². The van der Waals surface area contributed by atoms with Gasteiger partial charge in [0, 0.05) is 33.8 Å². The average molecular weight is 432 g/mol. The highest BCUT2D eigenvalue weighted by Gasteiger charge is 2.45. The van der Waals surface area contributed by atoms with Crippen LogP contribution in [0.15, 0.2) is 45.0 Å². The van der Waals surface area contributed by atoms with E-state index >= 15 is 0 Å². The van der Waals surface area contributed by atoms with E-state index in [1.54, 1.807) is 0 Å². The molecule has 0 amide bonds. The summed E-state index contributed by atoms with van der Waals surface area (Å²) < 4.78 is 6.40. The first-order chi connectivity index (χ1) is 12.7. The zero-order chi connectivity index (χ0) is 19.8. The van der Waals surface area contributed by atoms with Gasteiger partial charge in [0.15, 0.2) is 5.78 Å². The fourth-order valence-electron chi connectivity index (χ4n) is 4.10. The Bertz CT molecular complexity index is 838. The Morgan fingerprint density at radius 3 is 2.74 bits per heavy atom. The predicted molar refractivity (Wildman–Crippen MR) is 110 cm³/mol. The number of hydrogen-bond acceptors (Lipinski definition) is 4. The number of carbonyl (C=O) groups excluding carboxylic acids is 2. The highest BCUT2D eigenvalue weighted by atomic mass is 79.9. The number of esters is 1. The molecule has 2 aliphatic rings. The summed E-state index contributed by atoms with van der Waals surface area (Å²) in [7, 11) is 0. The van der Waals surface area contributed by atoms with E-state index in [0.29, 0.717) is 18.6 Å². The van der Waals surface area contributed by atoms with Gasteiger partial charge in [0.25, 0.3) is 0 Å². The maximum absolute atomic E-state index is 13.1. The van der Waals surface area contributed by atoms with Crippen LogP contribution in [0.2, 0.25) is 0 Å². The Kier molecular flexibility index (Phi) is 5.71. The fourth-order valence-corrected chi connectivity index (χ4v) is 4.52. The summed E-state index contributed by atoms with van der Waals surface area (Å²) in [4.78, 5) is 30.7. The Labute approximate surface area is 169 Å². The normalized spacial score (nSPS) is 24.3. The second-order valence-corrected chi connectivity index (χ2v) is 9.15. The number of aliphatic imine (C=N–C) groups is 1. The number of hydrogen-bond donors (Lipinski definition) is 0. The standard InChI is InChI=1S/C22H26BrNO3/c1-5-9-27-21(26)18-13(2)24-16-11-22(3,4)12-17(25)20(16)19(18)14-7-6-8-15(23)10-14/h6-8,10,18-19H,5,9,11-12H2,1-4H3/t18?,19-/m0/s1. The molecule has 27 heavy (non-hydrogen) atoms. The zero-order valence-electron chi connectivity index (χ0n) is 16.3. The van der Waals surface area contributed by atoms with Crippen molar-refractivity contribution < 1.29 is 14.3 Å². The molecule has 1 unspecified atom stereocenters. The number of ether oxygens (including phenoxy) is 1. The Morgan fingerprint density at radius 1 is 1.33 bits per heavy atom. The molecule has 5 heteroatoms. The summed E-state index contributed by atoms with van der Waals surface area (Å²) in [5, 5.41) is 0. The molecular weight excluding hydrogens is 406 g/mol. The predicted octanol–water partition coefficient (Wildman–Crippen LogP) is 5.22. The van der Waals surface area contributed by atoms with E-state index in [9.17, 15) is 9.59 Å². The van der Waals surface area contributed by atoms with Crippen LogP contribution in [-0.4, -0.2) is 24.1 Å². The van der Waals surface area contributed by atoms with Gasteiger partial charge in [-0.1, -0.05) is 48.8 Å². The Hall–Kier alpha value is -1.75. The Morgan fingerprint density at radius 2 is 2.07 bits per heavy atom. The summed E-state index contributed by atoms with van der Waals surface area (Å²) >= 11 is 3.52. The van der Waals surface area contributed by atoms with Gasteiger partial charge >= 0.3 is 5.97 Å². The largest absolute Gasteiger partial charge is 0.465 e. The van der Waals surface area contributed by atoms with Crippen molar-refractivity contribution in [2.75, 3.05) is 6.61 Å². The van der Waals surface area contributed by atoms with Crippen LogP contribution in [-0.2, 0) is 14.3 Å². The van der Waals surface area contributed by atoms with Gasteiger partial charge in [-0.2, -0.15) is 0 Å². The number of Topliss-reactive ketones (excluding diaryl/α,β-unsaturated/α-hetero) is 1. The molecule has 144 valence electrons. The quantitative estimate of drug-likeness (QED) is 0.613. The lowest BCUT2D eigenvalue weighted by Crippen LogP contribution is -2.39. The topological polar surface area (TPSA) is 55.7 Å². The van der Waals surface area contributed by atoms with Crippen molar-refractivity contribution in [3.8, 4) is 0 Å². The van der Waals surface area contributed by atoms with E-state index in [1.165, 1.54) is 0 Å². The summed E-state index contributed by atoms with van der Waals surface area (Å²) in [6.07, 6.45) is 1.98. The minimum absolute atomic E-state index is 0.0933. The van der Waals surface area contributed by atoms with Crippen molar-refractivity contribution in [1.82, 2.24) is 0 Å². The molecule has 1 aliphatic carbocycles. The molecule has 0 saturated heterocycles. The molecule has 0 fully saturated rings. The first-order valence-corrected chi connectivity index (χ1v) is 10.3. The number of allylic oxidation sites excluding steroid dienone is 2. The molecule has 1 aliphatic heterocycles. The number of carbonyl (C=O) groups is 2. The SMILES string of the molecule is CCCOC(=O)C1C(C)=NC2=C(C(=O)CC(C)(C)C2)[C@H]1c1cccc(Br)c1. The molecule has 1 heterocycles. The molecule has 0 saturated carbocycles. The number of nitrogens with zero attached hydrogens (tertiary/aromatic N) is 1. The van der Waals surface area contributed by atoms with Gasteiger partial charge in [-0.25, -0.2) is 0 Å². The van der Waals surface area contributed by atoms with E-state index in [2.05, 4.69) is 29.8 Å². The summed E-state index contributed by atoms with van der Waals surface area (Å²) in [5.74, 6) is -1.11. The van der Waals surface area contributed by atoms with Crippen molar-refractivity contribution >= 4 is 33.4 Å². The van der Waals surface area contributed by atoms with Crippen LogP contribution in [0.3, 0.4) is 0 Å². The van der Waals surface area contributed by atoms with Crippen LogP contribution in [0.25, 0.3) is 0 Å². The summed E-state index contributed by atoms with van der Waals surface area (Å²) in [5.41, 5.74) is 3.08. The average Bonchev–Trinajstić information content (AvgIpc) is 2.57. The third kappa shape index (κ3) is 4.08. The molecule has 0 radical (unpaired) electrons. The summed E-state index contributed by atoms with van der Waals surface area (Å²) in [6, 6.07) is 7.85. The maximum atomic E-state index is 13.1. The number of ketones is 1. The van der Waals surface area contributed by atoms with Crippen molar-refractivity contribution in [2.45, 2.75) is 52.9 Å². The lowest BCUT2D eigenvalue weighted by molar-refractivity contribution is -0.146. The zero-order valence-corrected chi connectivity index (χ0v) is 17.9. The molecule has 0 bridgehead atoms. The first-order valence-electron chi connectivity index (χ1n) is 9.47. The molecule has 3 rings (SSSR count). The van der Waals surface area contributed by atoms with Gasteiger partial charge in [0.2, 0.25) is 0 Å². The van der Waals surface area contributed by atoms with Gasteiger partial charge in [-0.3, -0.25) is 14.6 Å². The van der Waals surface area contributed by atoms with Crippen LogP contribution >= 0.6 is 15.9 Å². The van der Waals surface area contributed by atoms with Gasteiger partial charge in [0.1, 0.15) is 5.92 Å². The molecule has 1 aromatic carbocycles. The van der Waals surface area contributed by atoms with Crippen LogP contribution in [0.4, 0.5) is 0 Å². The van der Waals surface area contributed by atoms with Crippen LogP contribution < -0.4 is 0 Å². The Balaban J connectivity index is 2.13. The number of rotatable bonds is 4. The minimum atomic E-state index is -0.560. The second-order valence-electron chi connectivity index (χ2n) is 8.23. The van der Waals surface area contributed by atoms with Crippen molar-refractivity contribution in [3.63, 3.8) is 0 Å². The molecule has 2 atom stereocenters. The van der Waals surface area contributed by atoms with Crippen molar-refractivity contribution in [1.29, 1.82) is 0 Å². The third-order valence-corrected chi connectivity index (χ3v) is 5.71. The van der Waals surface area contributed by atoms with E-state index < -0.39 is 5.92 Å². The van der Waals surface area contributed by atoms with E-state index in [-0.39, 0.29) is 23.1 Å². The smallest absolute Gasteiger partial charge is 0.315 e. The van der Waals surface area contributed by atoms with Crippen molar-refractivity contribution in [2.24, 2.45) is 16.3 Å². The van der Waals surface area contributed by atoms with E-state index in [0.717, 1.165) is 34.3 Å². The molecule has 0 spiro atoms. The fraction of sp³-hybridized carbons (Fsp3) is 0.500. The van der Waals surface area contributed by atoms with Gasteiger partial charge in [-0.05, 0) is 42.9 Å². The molecular formula is C22H26BrNO3. The molecule has 4 nitrogen and oxygen atoms in total. The highest BCUT2D eigenvalue weighted by molar-refractivity contribution is 9.10. The number of halogens is 1. The second kappa shape index (κ2) is 7.70. The van der Waals surface area contributed by atoms with Gasteiger partial charge < -0.3 is 4.74 Å². The molecule has 1 aromatic rings. The molecule has 0 aromatic heterocycles. The van der Waals surface area contributed by atoms with E-state index in [4.69, 9.17) is 9.73 Å². The first kappa shape index (κ1) is 20.0. The lowest BCUT2D eigenvalue weighted by atomic mass is 9.67. The lowest BCUT2D eigenvalue weighted by Gasteiger charge is -2.39. The van der Waals surface area contributed by atoms with Crippen LogP contribution in [0, 0.1) is 11.3 Å². The monoisotopic (exact) mass is 431 g/mol. The van der Waals surface area contributed by atoms with Gasteiger partial charge in [-0.15, -0.1) is 0 Å². The minimum Gasteiger partial charge on any atom is -0.465 e.